The first-order valence-electron chi connectivity index (χ1n) is 7.14. The van der Waals surface area contributed by atoms with Crippen molar-refractivity contribution < 1.29 is 0 Å². The molecular weight excluding hydrogens is 238 g/mol. The third kappa shape index (κ3) is 4.35. The van der Waals surface area contributed by atoms with Gasteiger partial charge >= 0.3 is 0 Å². The Morgan fingerprint density at radius 2 is 2.00 bits per heavy atom. The molecule has 0 aromatic carbocycles. The van der Waals surface area contributed by atoms with E-state index in [0.29, 0.717) is 0 Å². The van der Waals surface area contributed by atoms with Gasteiger partial charge in [-0.2, -0.15) is 0 Å². The van der Waals surface area contributed by atoms with Crippen molar-refractivity contribution in [1.29, 1.82) is 0 Å². The van der Waals surface area contributed by atoms with Crippen LogP contribution in [0.3, 0.4) is 0 Å². The van der Waals surface area contributed by atoms with E-state index in [4.69, 9.17) is 0 Å². The molecule has 5 heteroatoms. The topological polar surface area (TPSA) is 44.3 Å². The third-order valence-corrected chi connectivity index (χ3v) is 3.34. The Kier molecular flexibility index (Phi) is 4.96. The number of rotatable bonds is 6. The van der Waals surface area contributed by atoms with Crippen LogP contribution in [0.15, 0.2) is 6.07 Å². The van der Waals surface area contributed by atoms with Crippen molar-refractivity contribution in [2.24, 2.45) is 0 Å². The molecule has 1 N–H and O–H groups in total. The quantitative estimate of drug-likeness (QED) is 0.792. The van der Waals surface area contributed by atoms with Crippen molar-refractivity contribution in [2.75, 3.05) is 50.5 Å². The lowest BCUT2D eigenvalue weighted by Crippen LogP contribution is -2.20. The number of nitrogens with zero attached hydrogens (tertiary/aromatic N) is 4. The summed E-state index contributed by atoms with van der Waals surface area (Å²) in [7, 11) is 4.20. The molecule has 2 heterocycles. The highest BCUT2D eigenvalue weighted by atomic mass is 15.2. The molecule has 1 saturated heterocycles. The molecule has 0 unspecified atom stereocenters. The van der Waals surface area contributed by atoms with Gasteiger partial charge in [0.15, 0.2) is 0 Å². The molecule has 1 aliphatic rings. The van der Waals surface area contributed by atoms with E-state index in [0.717, 1.165) is 50.1 Å². The summed E-state index contributed by atoms with van der Waals surface area (Å²) in [5, 5.41) is 3.40. The summed E-state index contributed by atoms with van der Waals surface area (Å²) in [5.74, 6) is 2.87. The van der Waals surface area contributed by atoms with E-state index in [1.807, 2.05) is 6.92 Å². The molecule has 0 atom stereocenters. The molecule has 2 rings (SSSR count). The van der Waals surface area contributed by atoms with Crippen LogP contribution in [0, 0.1) is 6.92 Å². The molecule has 0 spiro atoms. The van der Waals surface area contributed by atoms with E-state index >= 15 is 0 Å². The van der Waals surface area contributed by atoms with Gasteiger partial charge in [-0.05, 0) is 46.8 Å². The predicted octanol–water partition coefficient (Wildman–Crippen LogP) is 1.75. The van der Waals surface area contributed by atoms with E-state index in [-0.39, 0.29) is 0 Å². The Labute approximate surface area is 116 Å². The van der Waals surface area contributed by atoms with Gasteiger partial charge in [-0.1, -0.05) is 0 Å². The molecule has 106 valence electrons. The van der Waals surface area contributed by atoms with Crippen molar-refractivity contribution in [3.63, 3.8) is 0 Å². The summed E-state index contributed by atoms with van der Waals surface area (Å²) >= 11 is 0. The fraction of sp³-hybridized carbons (Fsp3) is 0.714. The van der Waals surface area contributed by atoms with Gasteiger partial charge in [0.1, 0.15) is 17.5 Å². The average molecular weight is 263 g/mol. The molecule has 1 aromatic heterocycles. The van der Waals surface area contributed by atoms with E-state index in [2.05, 4.69) is 45.2 Å². The average Bonchev–Trinajstić information content (AvgIpc) is 2.87. The van der Waals surface area contributed by atoms with Gasteiger partial charge in [0.05, 0.1) is 0 Å². The molecule has 0 radical (unpaired) electrons. The van der Waals surface area contributed by atoms with Gasteiger partial charge in [0.25, 0.3) is 0 Å². The molecule has 19 heavy (non-hydrogen) atoms. The van der Waals surface area contributed by atoms with Crippen LogP contribution in [0.4, 0.5) is 11.6 Å². The van der Waals surface area contributed by atoms with Gasteiger partial charge in [0.2, 0.25) is 0 Å². The molecule has 0 amide bonds. The van der Waals surface area contributed by atoms with E-state index < -0.39 is 0 Å². The number of anilines is 2. The minimum Gasteiger partial charge on any atom is -0.370 e. The Balaban J connectivity index is 1.92. The second kappa shape index (κ2) is 6.70. The van der Waals surface area contributed by atoms with Crippen LogP contribution in [-0.2, 0) is 0 Å². The first kappa shape index (κ1) is 14.1. The SMILES string of the molecule is Cc1nc(NCCCN(C)C)cc(N2CCCC2)n1. The van der Waals surface area contributed by atoms with Gasteiger partial charge < -0.3 is 15.1 Å². The van der Waals surface area contributed by atoms with Gasteiger partial charge in [-0.3, -0.25) is 0 Å². The number of nitrogens with one attached hydrogen (secondary N) is 1. The zero-order valence-electron chi connectivity index (χ0n) is 12.3. The molecule has 0 aliphatic carbocycles. The molecule has 0 saturated carbocycles. The number of hydrogen-bond donors (Lipinski definition) is 1. The molecule has 1 aromatic rings. The van der Waals surface area contributed by atoms with Crippen LogP contribution >= 0.6 is 0 Å². The lowest BCUT2D eigenvalue weighted by atomic mass is 10.4. The van der Waals surface area contributed by atoms with Gasteiger partial charge in [-0.25, -0.2) is 9.97 Å². The van der Waals surface area contributed by atoms with E-state index in [1.165, 1.54) is 12.8 Å². The number of aryl methyl sites for hydroxylation is 1. The van der Waals surface area contributed by atoms with Crippen LogP contribution in [-0.4, -0.2) is 55.1 Å². The second-order valence-corrected chi connectivity index (χ2v) is 5.44. The van der Waals surface area contributed by atoms with Crippen molar-refractivity contribution in [1.82, 2.24) is 14.9 Å². The fourth-order valence-electron chi connectivity index (χ4n) is 2.36. The molecule has 1 aliphatic heterocycles. The zero-order chi connectivity index (χ0) is 13.7. The lowest BCUT2D eigenvalue weighted by molar-refractivity contribution is 0.405. The van der Waals surface area contributed by atoms with Crippen molar-refractivity contribution >= 4 is 11.6 Å². The highest BCUT2D eigenvalue weighted by Crippen LogP contribution is 2.20. The summed E-state index contributed by atoms with van der Waals surface area (Å²) in [6.45, 7) is 6.25. The maximum Gasteiger partial charge on any atom is 0.134 e. The monoisotopic (exact) mass is 263 g/mol. The Bertz CT molecular complexity index is 399. The Hall–Kier alpha value is -1.36. The summed E-state index contributed by atoms with van der Waals surface area (Å²) in [6, 6.07) is 2.08. The van der Waals surface area contributed by atoms with Crippen molar-refractivity contribution in [2.45, 2.75) is 26.2 Å². The second-order valence-electron chi connectivity index (χ2n) is 5.44. The van der Waals surface area contributed by atoms with Gasteiger partial charge in [-0.15, -0.1) is 0 Å². The van der Waals surface area contributed by atoms with Crippen LogP contribution in [0.1, 0.15) is 25.1 Å². The van der Waals surface area contributed by atoms with E-state index in [9.17, 15) is 0 Å². The zero-order valence-corrected chi connectivity index (χ0v) is 12.3. The number of hydrogen-bond acceptors (Lipinski definition) is 5. The maximum atomic E-state index is 4.54. The smallest absolute Gasteiger partial charge is 0.134 e. The van der Waals surface area contributed by atoms with Crippen LogP contribution in [0.2, 0.25) is 0 Å². The minimum absolute atomic E-state index is 0.847. The maximum absolute atomic E-state index is 4.54. The number of aromatic nitrogens is 2. The Morgan fingerprint density at radius 1 is 1.26 bits per heavy atom. The standard InChI is InChI=1S/C14H25N5/c1-12-16-13(15-7-6-8-18(2)3)11-14(17-12)19-9-4-5-10-19/h11H,4-10H2,1-3H3,(H,15,16,17). The highest BCUT2D eigenvalue weighted by molar-refractivity contribution is 5.49. The molecule has 1 fully saturated rings. The lowest BCUT2D eigenvalue weighted by Gasteiger charge is -2.18. The minimum atomic E-state index is 0.847. The summed E-state index contributed by atoms with van der Waals surface area (Å²) < 4.78 is 0. The first-order valence-corrected chi connectivity index (χ1v) is 7.14. The predicted molar refractivity (Wildman–Crippen MR) is 79.9 cm³/mol. The molecule has 0 bridgehead atoms. The fourth-order valence-corrected chi connectivity index (χ4v) is 2.36. The van der Waals surface area contributed by atoms with Crippen LogP contribution in [0.25, 0.3) is 0 Å². The molecule has 5 nitrogen and oxygen atoms in total. The Morgan fingerprint density at radius 3 is 2.68 bits per heavy atom. The summed E-state index contributed by atoms with van der Waals surface area (Å²) in [6.07, 6.45) is 3.67. The molecular formula is C14H25N5. The largest absolute Gasteiger partial charge is 0.370 e. The first-order chi connectivity index (χ1) is 9.15. The highest BCUT2D eigenvalue weighted by Gasteiger charge is 2.14. The summed E-state index contributed by atoms with van der Waals surface area (Å²) in [4.78, 5) is 13.5. The normalized spacial score (nSPS) is 15.3. The van der Waals surface area contributed by atoms with Crippen LogP contribution < -0.4 is 10.2 Å². The van der Waals surface area contributed by atoms with Crippen molar-refractivity contribution in [3.8, 4) is 0 Å². The van der Waals surface area contributed by atoms with Crippen molar-refractivity contribution in [3.05, 3.63) is 11.9 Å². The van der Waals surface area contributed by atoms with E-state index in [1.54, 1.807) is 0 Å². The van der Waals surface area contributed by atoms with Gasteiger partial charge in [0, 0.05) is 25.7 Å². The summed E-state index contributed by atoms with van der Waals surface area (Å²) in [5.41, 5.74) is 0. The van der Waals surface area contributed by atoms with Crippen LogP contribution in [0.5, 0.6) is 0 Å². The third-order valence-electron chi connectivity index (χ3n) is 3.34.